The largest absolute Gasteiger partial charge is 0.377 e. The van der Waals surface area contributed by atoms with Crippen molar-refractivity contribution in [3.8, 4) is 0 Å². The molecule has 5 heteroatoms. The molecule has 2 atom stereocenters. The van der Waals surface area contributed by atoms with Gasteiger partial charge in [-0.15, -0.1) is 12.4 Å². The molecule has 3 heterocycles. The number of hydrogen-bond donors (Lipinski definition) is 1. The highest BCUT2D eigenvalue weighted by molar-refractivity contribution is 5.85. The van der Waals surface area contributed by atoms with E-state index in [9.17, 15) is 0 Å². The van der Waals surface area contributed by atoms with E-state index < -0.39 is 0 Å². The summed E-state index contributed by atoms with van der Waals surface area (Å²) in [5, 5.41) is 3.42. The van der Waals surface area contributed by atoms with E-state index in [-0.39, 0.29) is 12.4 Å². The van der Waals surface area contributed by atoms with Crippen molar-refractivity contribution in [1.82, 2.24) is 10.3 Å². The normalized spacial score (nSPS) is 26.5. The molecule has 2 aliphatic heterocycles. The Morgan fingerprint density at radius 3 is 3.00 bits per heavy atom. The fourth-order valence-corrected chi connectivity index (χ4v) is 2.82. The van der Waals surface area contributed by atoms with Crippen LogP contribution in [0.1, 0.15) is 31.0 Å². The number of aromatic nitrogens is 1. The van der Waals surface area contributed by atoms with Crippen molar-refractivity contribution >= 4 is 18.2 Å². The van der Waals surface area contributed by atoms with Gasteiger partial charge in [-0.3, -0.25) is 0 Å². The summed E-state index contributed by atoms with van der Waals surface area (Å²) in [7, 11) is 0. The molecule has 4 nitrogen and oxygen atoms in total. The molecule has 106 valence electrons. The zero-order chi connectivity index (χ0) is 12.5. The topological polar surface area (TPSA) is 37.4 Å². The van der Waals surface area contributed by atoms with Crippen molar-refractivity contribution in [2.45, 2.75) is 32.4 Å². The second kappa shape index (κ2) is 6.07. The minimum Gasteiger partial charge on any atom is -0.377 e. The first kappa shape index (κ1) is 14.6. The first-order valence-corrected chi connectivity index (χ1v) is 6.80. The number of ether oxygens (including phenoxy) is 1. The smallest absolute Gasteiger partial charge is 0.129 e. The van der Waals surface area contributed by atoms with E-state index in [1.54, 1.807) is 0 Å². The number of anilines is 1. The number of hydrogen-bond acceptors (Lipinski definition) is 4. The van der Waals surface area contributed by atoms with E-state index in [1.165, 1.54) is 11.3 Å². The molecule has 1 N–H and O–H groups in total. The molecule has 3 rings (SSSR count). The van der Waals surface area contributed by atoms with Gasteiger partial charge >= 0.3 is 0 Å². The van der Waals surface area contributed by atoms with Crippen LogP contribution in [0.5, 0.6) is 0 Å². The summed E-state index contributed by atoms with van der Waals surface area (Å²) in [5.74, 6) is 1.61. The maximum absolute atomic E-state index is 5.49. The highest BCUT2D eigenvalue weighted by Gasteiger charge is 2.23. The molecule has 1 fully saturated rings. The van der Waals surface area contributed by atoms with Gasteiger partial charge in [0.1, 0.15) is 5.82 Å². The predicted molar refractivity (Wildman–Crippen MR) is 79.2 cm³/mol. The van der Waals surface area contributed by atoms with Gasteiger partial charge in [-0.1, -0.05) is 13.0 Å². The summed E-state index contributed by atoms with van der Waals surface area (Å²) in [6.45, 7) is 8.97. The Balaban J connectivity index is 0.00000133. The van der Waals surface area contributed by atoms with Crippen LogP contribution in [0.15, 0.2) is 12.1 Å². The van der Waals surface area contributed by atoms with Crippen molar-refractivity contribution in [3.05, 3.63) is 23.4 Å². The third-order valence-electron chi connectivity index (χ3n) is 3.89. The van der Waals surface area contributed by atoms with Crippen LogP contribution in [0, 0.1) is 0 Å². The molecule has 2 aliphatic rings. The fraction of sp³-hybridized carbons (Fsp3) is 0.643. The zero-order valence-electron chi connectivity index (χ0n) is 11.6. The number of nitrogens with one attached hydrogen (secondary N) is 1. The van der Waals surface area contributed by atoms with E-state index in [2.05, 4.69) is 36.2 Å². The predicted octanol–water partition coefficient (Wildman–Crippen LogP) is 1.94. The molecule has 0 amide bonds. The van der Waals surface area contributed by atoms with Gasteiger partial charge in [0.15, 0.2) is 0 Å². The maximum Gasteiger partial charge on any atom is 0.129 e. The lowest BCUT2D eigenvalue weighted by atomic mass is 9.98. The summed E-state index contributed by atoms with van der Waals surface area (Å²) in [6, 6.07) is 4.80. The van der Waals surface area contributed by atoms with Crippen LogP contribution in [-0.4, -0.2) is 37.3 Å². The van der Waals surface area contributed by atoms with Crippen LogP contribution in [0.25, 0.3) is 0 Å². The third kappa shape index (κ3) is 2.86. The van der Waals surface area contributed by atoms with Gasteiger partial charge < -0.3 is 15.0 Å². The standard InChI is InChI=1S/C14H21N3O.ClH/c1-10-7-15-8-12-3-4-13(16-14(10)12)17-5-6-18-9-11(17)2;/h3-4,10-11,15H,5-9H2,1-2H3;1H/t10-,11+;/m0./s1. The Labute approximate surface area is 121 Å². The van der Waals surface area contributed by atoms with Gasteiger partial charge in [-0.05, 0) is 18.6 Å². The van der Waals surface area contributed by atoms with E-state index >= 15 is 0 Å². The molecular formula is C14H22ClN3O. The number of nitrogens with zero attached hydrogens (tertiary/aromatic N) is 2. The molecule has 1 aromatic rings. The Kier molecular flexibility index (Phi) is 4.66. The van der Waals surface area contributed by atoms with Crippen LogP contribution in [0.2, 0.25) is 0 Å². The number of halogens is 1. The van der Waals surface area contributed by atoms with Crippen LogP contribution < -0.4 is 10.2 Å². The molecule has 0 aliphatic carbocycles. The zero-order valence-corrected chi connectivity index (χ0v) is 12.4. The monoisotopic (exact) mass is 283 g/mol. The van der Waals surface area contributed by atoms with Crippen molar-refractivity contribution < 1.29 is 4.74 Å². The van der Waals surface area contributed by atoms with Gasteiger partial charge in [0.25, 0.3) is 0 Å². The Morgan fingerprint density at radius 1 is 1.37 bits per heavy atom. The SMILES string of the molecule is C[C@@H]1COCCN1c1ccc2c(n1)[C@@H](C)CNC2.Cl. The average Bonchev–Trinajstić information content (AvgIpc) is 2.40. The fourth-order valence-electron chi connectivity index (χ4n) is 2.82. The lowest BCUT2D eigenvalue weighted by Gasteiger charge is -2.35. The van der Waals surface area contributed by atoms with E-state index in [1.807, 2.05) is 0 Å². The molecule has 0 spiro atoms. The van der Waals surface area contributed by atoms with E-state index in [0.29, 0.717) is 12.0 Å². The summed E-state index contributed by atoms with van der Waals surface area (Å²) in [6.07, 6.45) is 0. The summed E-state index contributed by atoms with van der Waals surface area (Å²) < 4.78 is 5.49. The minimum atomic E-state index is 0. The van der Waals surface area contributed by atoms with Gasteiger partial charge in [-0.25, -0.2) is 4.98 Å². The first-order chi connectivity index (χ1) is 8.75. The molecular weight excluding hydrogens is 262 g/mol. The van der Waals surface area contributed by atoms with Gasteiger partial charge in [-0.2, -0.15) is 0 Å². The third-order valence-corrected chi connectivity index (χ3v) is 3.89. The summed E-state index contributed by atoms with van der Waals surface area (Å²) >= 11 is 0. The summed E-state index contributed by atoms with van der Waals surface area (Å²) in [5.41, 5.74) is 2.61. The van der Waals surface area contributed by atoms with Gasteiger partial charge in [0.05, 0.1) is 24.9 Å². The second-order valence-electron chi connectivity index (χ2n) is 5.36. The lowest BCUT2D eigenvalue weighted by Crippen LogP contribution is -2.44. The quantitative estimate of drug-likeness (QED) is 0.855. The Morgan fingerprint density at radius 2 is 2.21 bits per heavy atom. The second-order valence-corrected chi connectivity index (χ2v) is 5.36. The first-order valence-electron chi connectivity index (χ1n) is 6.80. The van der Waals surface area contributed by atoms with Crippen molar-refractivity contribution in [3.63, 3.8) is 0 Å². The maximum atomic E-state index is 5.49. The number of morpholine rings is 1. The molecule has 0 aromatic carbocycles. The number of pyridine rings is 1. The highest BCUT2D eigenvalue weighted by atomic mass is 35.5. The highest BCUT2D eigenvalue weighted by Crippen LogP contribution is 2.26. The summed E-state index contributed by atoms with van der Waals surface area (Å²) in [4.78, 5) is 7.26. The van der Waals surface area contributed by atoms with Crippen LogP contribution in [0.3, 0.4) is 0 Å². The van der Waals surface area contributed by atoms with Crippen LogP contribution in [0.4, 0.5) is 5.82 Å². The Bertz CT molecular complexity index is 441. The molecule has 0 bridgehead atoms. The number of fused-ring (bicyclic) bond motifs is 1. The Hall–Kier alpha value is -0.840. The molecule has 0 saturated carbocycles. The van der Waals surface area contributed by atoms with Gasteiger partial charge in [0.2, 0.25) is 0 Å². The van der Waals surface area contributed by atoms with Crippen molar-refractivity contribution in [2.24, 2.45) is 0 Å². The van der Waals surface area contributed by atoms with Crippen molar-refractivity contribution in [2.75, 3.05) is 31.2 Å². The molecule has 1 saturated heterocycles. The molecule has 19 heavy (non-hydrogen) atoms. The molecule has 1 aromatic heterocycles. The van der Waals surface area contributed by atoms with Crippen LogP contribution in [-0.2, 0) is 11.3 Å². The van der Waals surface area contributed by atoms with Crippen LogP contribution >= 0.6 is 12.4 Å². The lowest BCUT2D eigenvalue weighted by molar-refractivity contribution is 0.0985. The minimum absolute atomic E-state index is 0. The van der Waals surface area contributed by atoms with E-state index in [4.69, 9.17) is 9.72 Å². The van der Waals surface area contributed by atoms with Gasteiger partial charge in [0, 0.05) is 25.6 Å². The molecule has 0 radical (unpaired) electrons. The number of rotatable bonds is 1. The average molecular weight is 284 g/mol. The van der Waals surface area contributed by atoms with Crippen molar-refractivity contribution in [1.29, 1.82) is 0 Å². The molecule has 0 unspecified atom stereocenters. The van der Waals surface area contributed by atoms with E-state index in [0.717, 1.165) is 38.7 Å².